The molecule has 1 aromatic carbocycles. The number of benzene rings is 1. The first kappa shape index (κ1) is 13.9. The zero-order valence-electron chi connectivity index (χ0n) is 11.4. The Labute approximate surface area is 117 Å². The summed E-state index contributed by atoms with van der Waals surface area (Å²) in [5, 5.41) is 9.05. The van der Waals surface area contributed by atoms with Crippen molar-refractivity contribution in [2.75, 3.05) is 6.61 Å². The third kappa shape index (κ3) is 3.27. The lowest BCUT2D eigenvalue weighted by Gasteiger charge is -2.16. The molecule has 1 aliphatic heterocycles. The molecule has 0 fully saturated rings. The molecule has 0 N–H and O–H groups in total. The van der Waals surface area contributed by atoms with Crippen molar-refractivity contribution < 1.29 is 14.3 Å². The van der Waals surface area contributed by atoms with Gasteiger partial charge in [0, 0.05) is 5.56 Å². The molecule has 2 rings (SSSR count). The highest BCUT2D eigenvalue weighted by molar-refractivity contribution is 5.93. The van der Waals surface area contributed by atoms with Crippen LogP contribution in [0.2, 0.25) is 0 Å². The van der Waals surface area contributed by atoms with Crippen molar-refractivity contribution in [2.45, 2.75) is 20.0 Å². The Morgan fingerprint density at radius 2 is 2.20 bits per heavy atom. The summed E-state index contributed by atoms with van der Waals surface area (Å²) >= 11 is 0. The Bertz CT molecular complexity index is 621. The number of hydrogen-bond donors (Lipinski definition) is 0. The van der Waals surface area contributed by atoms with E-state index in [1.165, 1.54) is 6.08 Å². The molecule has 0 aromatic heterocycles. The Hall–Kier alpha value is -2.54. The summed E-state index contributed by atoms with van der Waals surface area (Å²) in [5.41, 5.74) is 1.67. The molecule has 0 atom stereocenters. The zero-order valence-corrected chi connectivity index (χ0v) is 11.4. The first-order valence-corrected chi connectivity index (χ1v) is 6.35. The maximum Gasteiger partial charge on any atom is 0.349 e. The lowest BCUT2D eigenvalue weighted by molar-refractivity contribution is -0.142. The standard InChI is InChI=1S/C16H15NO3/c1-11(2)20-16(18)14(9-17)8-12-7-13-5-3-4-6-15(13)19-10-12/h3-8,11H,10H2,1-2H3/b14-8-. The van der Waals surface area contributed by atoms with Crippen LogP contribution in [0.3, 0.4) is 0 Å². The van der Waals surface area contributed by atoms with E-state index in [-0.39, 0.29) is 11.7 Å². The number of ether oxygens (including phenoxy) is 2. The average Bonchev–Trinajstić information content (AvgIpc) is 2.43. The van der Waals surface area contributed by atoms with Crippen molar-refractivity contribution in [2.24, 2.45) is 0 Å². The zero-order chi connectivity index (χ0) is 14.5. The Morgan fingerprint density at radius 3 is 2.90 bits per heavy atom. The van der Waals surface area contributed by atoms with Crippen molar-refractivity contribution in [3.63, 3.8) is 0 Å². The summed E-state index contributed by atoms with van der Waals surface area (Å²) in [5.74, 6) is 0.190. The van der Waals surface area contributed by atoms with Gasteiger partial charge in [-0.15, -0.1) is 0 Å². The average molecular weight is 269 g/mol. The third-order valence-electron chi connectivity index (χ3n) is 2.67. The van der Waals surface area contributed by atoms with E-state index in [2.05, 4.69) is 0 Å². The van der Waals surface area contributed by atoms with E-state index >= 15 is 0 Å². The molecule has 0 aliphatic carbocycles. The number of nitrogens with zero attached hydrogens (tertiary/aromatic N) is 1. The smallest absolute Gasteiger partial charge is 0.349 e. The number of para-hydroxylation sites is 1. The number of fused-ring (bicyclic) bond motifs is 1. The topological polar surface area (TPSA) is 59.3 Å². The normalized spacial score (nSPS) is 13.9. The van der Waals surface area contributed by atoms with Gasteiger partial charge in [-0.05, 0) is 37.6 Å². The minimum atomic E-state index is -0.609. The molecule has 1 aliphatic rings. The van der Waals surface area contributed by atoms with Crippen LogP contribution in [0, 0.1) is 11.3 Å². The molecule has 0 saturated carbocycles. The van der Waals surface area contributed by atoms with Crippen molar-refractivity contribution in [3.8, 4) is 11.8 Å². The predicted octanol–water partition coefficient (Wildman–Crippen LogP) is 2.86. The van der Waals surface area contributed by atoms with Gasteiger partial charge in [0.2, 0.25) is 0 Å². The minimum absolute atomic E-state index is 0.0204. The van der Waals surface area contributed by atoms with Crippen molar-refractivity contribution in [3.05, 3.63) is 47.1 Å². The highest BCUT2D eigenvalue weighted by atomic mass is 16.5. The van der Waals surface area contributed by atoms with Crippen LogP contribution in [-0.4, -0.2) is 18.7 Å². The number of hydrogen-bond acceptors (Lipinski definition) is 4. The van der Waals surface area contributed by atoms with E-state index in [4.69, 9.17) is 14.7 Å². The van der Waals surface area contributed by atoms with E-state index in [1.54, 1.807) is 13.8 Å². The first-order chi connectivity index (χ1) is 9.60. The fourth-order valence-electron chi connectivity index (χ4n) is 1.82. The molecule has 0 spiro atoms. The lowest BCUT2D eigenvalue weighted by Crippen LogP contribution is -2.14. The molecule has 0 saturated heterocycles. The van der Waals surface area contributed by atoms with Crippen LogP contribution in [0.5, 0.6) is 5.75 Å². The third-order valence-corrected chi connectivity index (χ3v) is 2.67. The number of carbonyl (C=O) groups excluding carboxylic acids is 1. The van der Waals surface area contributed by atoms with Crippen LogP contribution >= 0.6 is 0 Å². The lowest BCUT2D eigenvalue weighted by atomic mass is 10.1. The number of nitriles is 1. The highest BCUT2D eigenvalue weighted by Gasteiger charge is 2.15. The summed E-state index contributed by atoms with van der Waals surface area (Å²) in [6.45, 7) is 3.81. The fraction of sp³-hybridized carbons (Fsp3) is 0.250. The van der Waals surface area contributed by atoms with Crippen molar-refractivity contribution >= 4 is 12.0 Å². The Morgan fingerprint density at radius 1 is 1.45 bits per heavy atom. The number of rotatable bonds is 3. The van der Waals surface area contributed by atoms with Gasteiger partial charge in [0.05, 0.1) is 6.10 Å². The van der Waals surface area contributed by atoms with E-state index in [0.29, 0.717) is 6.61 Å². The van der Waals surface area contributed by atoms with Gasteiger partial charge < -0.3 is 9.47 Å². The molecule has 1 heterocycles. The molecular formula is C16H15NO3. The first-order valence-electron chi connectivity index (χ1n) is 6.35. The summed E-state index contributed by atoms with van der Waals surface area (Å²) < 4.78 is 10.6. The van der Waals surface area contributed by atoms with Gasteiger partial charge in [-0.1, -0.05) is 18.2 Å². The molecule has 0 unspecified atom stereocenters. The number of carbonyl (C=O) groups is 1. The fourth-order valence-corrected chi connectivity index (χ4v) is 1.82. The van der Waals surface area contributed by atoms with E-state index in [9.17, 15) is 4.79 Å². The van der Waals surface area contributed by atoms with Crippen molar-refractivity contribution in [1.82, 2.24) is 0 Å². The Kier molecular flexibility index (Phi) is 4.21. The van der Waals surface area contributed by atoms with Crippen LogP contribution in [0.15, 0.2) is 41.5 Å². The summed E-state index contributed by atoms with van der Waals surface area (Å²) in [6.07, 6.45) is 3.16. The van der Waals surface area contributed by atoms with Crippen LogP contribution in [0.1, 0.15) is 19.4 Å². The summed E-state index contributed by atoms with van der Waals surface area (Å²) in [7, 11) is 0. The van der Waals surface area contributed by atoms with Gasteiger partial charge in [-0.25, -0.2) is 4.79 Å². The minimum Gasteiger partial charge on any atom is -0.488 e. The molecule has 0 bridgehead atoms. The van der Waals surface area contributed by atoms with Gasteiger partial charge >= 0.3 is 5.97 Å². The van der Waals surface area contributed by atoms with E-state index < -0.39 is 5.97 Å². The highest BCUT2D eigenvalue weighted by Crippen LogP contribution is 2.26. The van der Waals surface area contributed by atoms with Crippen molar-refractivity contribution in [1.29, 1.82) is 5.26 Å². The Balaban J connectivity index is 2.24. The van der Waals surface area contributed by atoms with E-state index in [0.717, 1.165) is 16.9 Å². The molecule has 0 radical (unpaired) electrons. The second-order valence-corrected chi connectivity index (χ2v) is 4.67. The van der Waals surface area contributed by atoms with Gasteiger partial charge in [0.1, 0.15) is 24.0 Å². The predicted molar refractivity (Wildman–Crippen MR) is 74.8 cm³/mol. The SMILES string of the molecule is CC(C)OC(=O)/C(C#N)=C\C1=Cc2ccccc2OC1. The summed E-state index contributed by atoms with van der Waals surface area (Å²) in [4.78, 5) is 11.7. The monoisotopic (exact) mass is 269 g/mol. The quantitative estimate of drug-likeness (QED) is 0.481. The van der Waals surface area contributed by atoms with E-state index in [1.807, 2.05) is 36.4 Å². The van der Waals surface area contributed by atoms with Crippen LogP contribution < -0.4 is 4.74 Å². The van der Waals surface area contributed by atoms with Crippen LogP contribution in [0.25, 0.3) is 6.08 Å². The number of esters is 1. The summed E-state index contributed by atoms with van der Waals surface area (Å²) in [6, 6.07) is 9.47. The van der Waals surface area contributed by atoms with Crippen LogP contribution in [-0.2, 0) is 9.53 Å². The molecular weight excluding hydrogens is 254 g/mol. The largest absolute Gasteiger partial charge is 0.488 e. The van der Waals surface area contributed by atoms with Crippen LogP contribution in [0.4, 0.5) is 0 Å². The maximum atomic E-state index is 11.7. The van der Waals surface area contributed by atoms with Gasteiger partial charge in [-0.3, -0.25) is 0 Å². The second kappa shape index (κ2) is 6.07. The maximum absolute atomic E-state index is 11.7. The molecule has 20 heavy (non-hydrogen) atoms. The molecule has 0 amide bonds. The van der Waals surface area contributed by atoms with Gasteiger partial charge in [0.25, 0.3) is 0 Å². The van der Waals surface area contributed by atoms with Gasteiger partial charge in [-0.2, -0.15) is 5.26 Å². The van der Waals surface area contributed by atoms with Gasteiger partial charge in [0.15, 0.2) is 0 Å². The molecule has 102 valence electrons. The second-order valence-electron chi connectivity index (χ2n) is 4.67. The molecule has 4 nitrogen and oxygen atoms in total. The molecule has 1 aromatic rings. The molecule has 4 heteroatoms.